The topological polar surface area (TPSA) is 46.1 Å². The third-order valence-corrected chi connectivity index (χ3v) is 4.51. The van der Waals surface area contributed by atoms with Gasteiger partial charge in [-0.15, -0.1) is 11.8 Å². The highest BCUT2D eigenvalue weighted by Crippen LogP contribution is 2.37. The van der Waals surface area contributed by atoms with Gasteiger partial charge in [-0.05, 0) is 18.6 Å². The second kappa shape index (κ2) is 5.63. The summed E-state index contributed by atoms with van der Waals surface area (Å²) in [5.74, 6) is -0.0831. The number of fused-ring (bicyclic) bond motifs is 1. The molecule has 20 heavy (non-hydrogen) atoms. The second-order valence-corrected chi connectivity index (χ2v) is 6.21. The minimum absolute atomic E-state index is 0.0831. The van der Waals surface area contributed by atoms with Gasteiger partial charge in [-0.1, -0.05) is 19.1 Å². The summed E-state index contributed by atoms with van der Waals surface area (Å²) in [7, 11) is 0. The molecule has 4 nitrogen and oxygen atoms in total. The van der Waals surface area contributed by atoms with E-state index in [2.05, 4.69) is 23.0 Å². The molecule has 3 rings (SSSR count). The van der Waals surface area contributed by atoms with Crippen LogP contribution < -0.4 is 4.90 Å². The van der Waals surface area contributed by atoms with Gasteiger partial charge in [0.25, 0.3) is 5.91 Å². The Balaban J connectivity index is 1.99. The van der Waals surface area contributed by atoms with E-state index in [0.29, 0.717) is 17.5 Å². The molecule has 2 aromatic rings. The zero-order valence-electron chi connectivity index (χ0n) is 11.2. The second-order valence-electron chi connectivity index (χ2n) is 4.73. The standard InChI is InChI=1S/C15H15N3OS/c1-11-6-9-18(13-4-2-3-5-14(13)20-11)15(19)12-10-16-7-8-17-12/h2-5,7-8,10-11H,6,9H2,1H3/t11-/m1/s1. The van der Waals surface area contributed by atoms with Crippen LogP contribution in [-0.4, -0.2) is 27.7 Å². The molecule has 0 radical (unpaired) electrons. The quantitative estimate of drug-likeness (QED) is 0.808. The Hall–Kier alpha value is -1.88. The molecular formula is C15H15N3OS. The summed E-state index contributed by atoms with van der Waals surface area (Å²) in [6.45, 7) is 2.90. The number of amides is 1. The number of thioether (sulfide) groups is 1. The van der Waals surface area contributed by atoms with E-state index in [4.69, 9.17) is 0 Å². The van der Waals surface area contributed by atoms with E-state index < -0.39 is 0 Å². The summed E-state index contributed by atoms with van der Waals surface area (Å²) in [6.07, 6.45) is 5.61. The van der Waals surface area contributed by atoms with E-state index in [1.807, 2.05) is 34.9 Å². The molecule has 1 aliphatic rings. The fourth-order valence-corrected chi connectivity index (χ4v) is 3.36. The van der Waals surface area contributed by atoms with E-state index in [1.54, 1.807) is 12.4 Å². The van der Waals surface area contributed by atoms with E-state index in [-0.39, 0.29) is 5.91 Å². The summed E-state index contributed by atoms with van der Waals surface area (Å²) in [5.41, 5.74) is 1.36. The lowest BCUT2D eigenvalue weighted by Crippen LogP contribution is -2.32. The van der Waals surface area contributed by atoms with Crippen LogP contribution in [0.2, 0.25) is 0 Å². The maximum atomic E-state index is 12.6. The smallest absolute Gasteiger partial charge is 0.278 e. The number of aromatic nitrogens is 2. The van der Waals surface area contributed by atoms with Crippen molar-refractivity contribution >= 4 is 23.4 Å². The van der Waals surface area contributed by atoms with E-state index in [0.717, 1.165) is 17.0 Å². The molecule has 1 aliphatic heterocycles. The van der Waals surface area contributed by atoms with Crippen LogP contribution in [0.15, 0.2) is 47.8 Å². The van der Waals surface area contributed by atoms with Gasteiger partial charge in [-0.25, -0.2) is 4.98 Å². The van der Waals surface area contributed by atoms with Crippen molar-refractivity contribution < 1.29 is 4.79 Å². The number of carbonyl (C=O) groups excluding carboxylic acids is 1. The van der Waals surface area contributed by atoms with Gasteiger partial charge >= 0.3 is 0 Å². The van der Waals surface area contributed by atoms with E-state index in [9.17, 15) is 4.79 Å². The van der Waals surface area contributed by atoms with Crippen molar-refractivity contribution in [2.24, 2.45) is 0 Å². The van der Waals surface area contributed by atoms with Gasteiger partial charge in [0.1, 0.15) is 5.69 Å². The number of hydrogen-bond donors (Lipinski definition) is 0. The van der Waals surface area contributed by atoms with Crippen molar-refractivity contribution in [2.45, 2.75) is 23.5 Å². The SMILES string of the molecule is C[C@@H]1CCN(C(=O)c2cnccn2)c2ccccc2S1. The van der Waals surface area contributed by atoms with E-state index >= 15 is 0 Å². The average Bonchev–Trinajstić information content (AvgIpc) is 2.66. The van der Waals surface area contributed by atoms with Crippen molar-refractivity contribution in [1.29, 1.82) is 0 Å². The van der Waals surface area contributed by atoms with Crippen LogP contribution in [0.3, 0.4) is 0 Å². The number of benzene rings is 1. The molecule has 0 N–H and O–H groups in total. The minimum atomic E-state index is -0.0831. The summed E-state index contributed by atoms with van der Waals surface area (Å²) in [4.78, 5) is 23.7. The first kappa shape index (κ1) is 13.1. The van der Waals surface area contributed by atoms with Crippen molar-refractivity contribution in [3.63, 3.8) is 0 Å². The molecule has 0 spiro atoms. The van der Waals surface area contributed by atoms with Crippen LogP contribution >= 0.6 is 11.8 Å². The Morgan fingerprint density at radius 2 is 2.20 bits per heavy atom. The first-order valence-electron chi connectivity index (χ1n) is 6.59. The van der Waals surface area contributed by atoms with E-state index in [1.165, 1.54) is 6.20 Å². The normalized spacial score (nSPS) is 18.2. The van der Waals surface area contributed by atoms with Gasteiger partial charge in [0.2, 0.25) is 0 Å². The highest BCUT2D eigenvalue weighted by molar-refractivity contribution is 8.00. The molecule has 0 aliphatic carbocycles. The highest BCUT2D eigenvalue weighted by atomic mass is 32.2. The van der Waals surface area contributed by atoms with Crippen LogP contribution in [0.1, 0.15) is 23.8 Å². The third kappa shape index (κ3) is 2.54. The molecule has 5 heteroatoms. The molecule has 0 fully saturated rings. The van der Waals surface area contributed by atoms with Gasteiger partial charge in [-0.2, -0.15) is 0 Å². The van der Waals surface area contributed by atoms with Gasteiger partial charge in [0.15, 0.2) is 0 Å². The first-order chi connectivity index (χ1) is 9.75. The third-order valence-electron chi connectivity index (χ3n) is 3.27. The Labute approximate surface area is 122 Å². The van der Waals surface area contributed by atoms with Crippen LogP contribution in [0.5, 0.6) is 0 Å². The van der Waals surface area contributed by atoms with Crippen molar-refractivity contribution in [3.05, 3.63) is 48.5 Å². The van der Waals surface area contributed by atoms with Crippen LogP contribution in [-0.2, 0) is 0 Å². The number of carbonyl (C=O) groups is 1. The minimum Gasteiger partial charge on any atom is -0.306 e. The Morgan fingerprint density at radius 1 is 1.35 bits per heavy atom. The lowest BCUT2D eigenvalue weighted by Gasteiger charge is -2.21. The molecule has 102 valence electrons. The monoisotopic (exact) mass is 285 g/mol. The number of anilines is 1. The summed E-state index contributed by atoms with van der Waals surface area (Å²) < 4.78 is 0. The molecular weight excluding hydrogens is 270 g/mol. The molecule has 0 saturated heterocycles. The fraction of sp³-hybridized carbons (Fsp3) is 0.267. The van der Waals surface area contributed by atoms with Crippen molar-refractivity contribution in [1.82, 2.24) is 9.97 Å². The summed E-state index contributed by atoms with van der Waals surface area (Å²) in [5, 5.41) is 0.496. The van der Waals surface area contributed by atoms with Crippen LogP contribution in [0.25, 0.3) is 0 Å². The predicted octanol–water partition coefficient (Wildman–Crippen LogP) is 3.01. The molecule has 1 aromatic carbocycles. The number of rotatable bonds is 1. The number of hydrogen-bond acceptors (Lipinski definition) is 4. The van der Waals surface area contributed by atoms with Gasteiger partial charge < -0.3 is 4.90 Å². The van der Waals surface area contributed by atoms with Gasteiger partial charge in [0.05, 0.1) is 11.9 Å². The Kier molecular flexibility index (Phi) is 3.69. The molecule has 0 unspecified atom stereocenters. The predicted molar refractivity (Wildman–Crippen MR) is 80.1 cm³/mol. The molecule has 0 bridgehead atoms. The maximum absolute atomic E-state index is 12.6. The van der Waals surface area contributed by atoms with Crippen LogP contribution in [0, 0.1) is 0 Å². The number of nitrogens with zero attached hydrogens (tertiary/aromatic N) is 3. The average molecular weight is 285 g/mol. The first-order valence-corrected chi connectivity index (χ1v) is 7.47. The van der Waals surface area contributed by atoms with Crippen LogP contribution in [0.4, 0.5) is 5.69 Å². The van der Waals surface area contributed by atoms with Crippen molar-refractivity contribution in [2.75, 3.05) is 11.4 Å². The number of para-hydroxylation sites is 1. The van der Waals surface area contributed by atoms with Gasteiger partial charge in [-0.3, -0.25) is 9.78 Å². The lowest BCUT2D eigenvalue weighted by atomic mass is 10.2. The fourth-order valence-electron chi connectivity index (χ4n) is 2.25. The zero-order chi connectivity index (χ0) is 13.9. The van der Waals surface area contributed by atoms with Crippen molar-refractivity contribution in [3.8, 4) is 0 Å². The highest BCUT2D eigenvalue weighted by Gasteiger charge is 2.25. The zero-order valence-corrected chi connectivity index (χ0v) is 12.0. The molecule has 1 aromatic heterocycles. The van der Waals surface area contributed by atoms with Gasteiger partial charge in [0, 0.05) is 29.1 Å². The molecule has 1 amide bonds. The molecule has 2 heterocycles. The summed E-state index contributed by atoms with van der Waals surface area (Å²) in [6, 6.07) is 8.04. The lowest BCUT2D eigenvalue weighted by molar-refractivity contribution is 0.0981. The maximum Gasteiger partial charge on any atom is 0.278 e. The Morgan fingerprint density at radius 3 is 3.00 bits per heavy atom. The Bertz CT molecular complexity index is 618. The largest absolute Gasteiger partial charge is 0.306 e. The molecule has 0 saturated carbocycles. The summed E-state index contributed by atoms with van der Waals surface area (Å²) >= 11 is 1.82. The molecule has 1 atom stereocenters.